The Kier molecular flexibility index (Phi) is 3.68. The Morgan fingerprint density at radius 2 is 1.93 bits per heavy atom. The molecule has 0 aromatic rings. The highest BCUT2D eigenvalue weighted by Crippen LogP contribution is 2.15. The fourth-order valence-corrected chi connectivity index (χ4v) is 1.09. The Morgan fingerprint density at radius 1 is 1.27 bits per heavy atom. The van der Waals surface area contributed by atoms with Crippen molar-refractivity contribution in [3.8, 4) is 12.1 Å². The third kappa shape index (κ3) is 2.98. The molecule has 0 aromatic heterocycles. The summed E-state index contributed by atoms with van der Waals surface area (Å²) in [7, 11) is -1.49. The van der Waals surface area contributed by atoms with Gasteiger partial charge in [0.2, 0.25) is 0 Å². The molecular weight excluding hydrogens is 191 g/mol. The van der Waals surface area contributed by atoms with Gasteiger partial charge in [-0.2, -0.15) is 10.5 Å². The highest BCUT2D eigenvalue weighted by molar-refractivity contribution is 6.51. The molecule has 0 heterocycles. The molecule has 72 valence electrons. The standard InChI is InChI=1S/C10H7BN2O2/c12-6-9(7-13)5-8-1-3-10(4-2-8)11(14)15/h1,3-4,14-15H,2H2. The summed E-state index contributed by atoms with van der Waals surface area (Å²) in [5.41, 5.74) is 3.61. The summed E-state index contributed by atoms with van der Waals surface area (Å²) < 4.78 is 0. The van der Waals surface area contributed by atoms with Crippen molar-refractivity contribution >= 4 is 7.12 Å². The van der Waals surface area contributed by atoms with E-state index in [1.807, 2.05) is 0 Å². The zero-order chi connectivity index (χ0) is 11.3. The van der Waals surface area contributed by atoms with Crippen LogP contribution in [0.5, 0.6) is 0 Å². The molecular formula is C10H7BN2O2. The minimum atomic E-state index is -1.49. The van der Waals surface area contributed by atoms with E-state index in [2.05, 4.69) is 5.73 Å². The first-order valence-electron chi connectivity index (χ1n) is 4.21. The summed E-state index contributed by atoms with van der Waals surface area (Å²) >= 11 is 0. The van der Waals surface area contributed by atoms with E-state index in [1.165, 1.54) is 6.08 Å². The summed E-state index contributed by atoms with van der Waals surface area (Å²) in [4.78, 5) is 0. The maximum atomic E-state index is 8.83. The first kappa shape index (κ1) is 11.0. The number of hydrogen-bond donors (Lipinski definition) is 2. The first-order chi connectivity index (χ1) is 7.17. The predicted molar refractivity (Wildman–Crippen MR) is 53.8 cm³/mol. The molecule has 0 radical (unpaired) electrons. The molecule has 5 heteroatoms. The lowest BCUT2D eigenvalue weighted by atomic mass is 9.76. The van der Waals surface area contributed by atoms with Crippen molar-refractivity contribution in [3.63, 3.8) is 0 Å². The lowest BCUT2D eigenvalue weighted by Crippen LogP contribution is -2.14. The van der Waals surface area contributed by atoms with Crippen LogP contribution in [-0.2, 0) is 0 Å². The fourth-order valence-electron chi connectivity index (χ4n) is 1.09. The highest BCUT2D eigenvalue weighted by atomic mass is 16.4. The van der Waals surface area contributed by atoms with Gasteiger partial charge >= 0.3 is 7.12 Å². The molecule has 0 saturated carbocycles. The number of nitriles is 2. The van der Waals surface area contributed by atoms with Gasteiger partial charge in [-0.3, -0.25) is 0 Å². The largest absolute Gasteiger partial charge is 0.488 e. The van der Waals surface area contributed by atoms with Crippen molar-refractivity contribution in [2.75, 3.05) is 0 Å². The van der Waals surface area contributed by atoms with Gasteiger partial charge in [-0.05, 0) is 17.5 Å². The Bertz CT molecular complexity index is 453. The zero-order valence-electron chi connectivity index (χ0n) is 7.81. The topological polar surface area (TPSA) is 88.0 Å². The van der Waals surface area contributed by atoms with Crippen LogP contribution in [0.1, 0.15) is 6.42 Å². The van der Waals surface area contributed by atoms with Crippen LogP contribution in [0.15, 0.2) is 40.6 Å². The Hall–Kier alpha value is -2.04. The normalized spacial score (nSPS) is 13.3. The second-order valence-electron chi connectivity index (χ2n) is 2.86. The summed E-state index contributed by atoms with van der Waals surface area (Å²) in [5.74, 6) is 0. The number of nitrogens with zero attached hydrogens (tertiary/aromatic N) is 2. The van der Waals surface area contributed by atoms with Crippen LogP contribution in [0.2, 0.25) is 0 Å². The molecule has 0 aliphatic heterocycles. The van der Waals surface area contributed by atoms with Crippen LogP contribution in [0.3, 0.4) is 0 Å². The van der Waals surface area contributed by atoms with Crippen LogP contribution in [-0.4, -0.2) is 17.2 Å². The monoisotopic (exact) mass is 198 g/mol. The molecule has 1 aliphatic rings. The molecule has 0 unspecified atom stereocenters. The maximum absolute atomic E-state index is 8.83. The number of rotatable bonds is 1. The van der Waals surface area contributed by atoms with Gasteiger partial charge in [-0.15, -0.1) is 0 Å². The lowest BCUT2D eigenvalue weighted by molar-refractivity contribution is 0.420. The van der Waals surface area contributed by atoms with Crippen molar-refractivity contribution < 1.29 is 10.0 Å². The quantitative estimate of drug-likeness (QED) is 0.362. The van der Waals surface area contributed by atoms with Crippen LogP contribution >= 0.6 is 0 Å². The summed E-state index contributed by atoms with van der Waals surface area (Å²) in [5, 5.41) is 34.7. The fraction of sp³-hybridized carbons (Fsp3) is 0.100. The lowest BCUT2D eigenvalue weighted by Gasteiger charge is -2.05. The van der Waals surface area contributed by atoms with E-state index >= 15 is 0 Å². The molecule has 0 amide bonds. The summed E-state index contributed by atoms with van der Waals surface area (Å²) in [6.07, 6.45) is 5.15. The smallest absolute Gasteiger partial charge is 0.423 e. The van der Waals surface area contributed by atoms with Crippen LogP contribution in [0.4, 0.5) is 0 Å². The van der Waals surface area contributed by atoms with Crippen molar-refractivity contribution in [2.24, 2.45) is 0 Å². The number of hydrogen-bond acceptors (Lipinski definition) is 4. The molecule has 1 rings (SSSR count). The van der Waals surface area contributed by atoms with Gasteiger partial charge in [-0.1, -0.05) is 24.0 Å². The third-order valence-electron chi connectivity index (χ3n) is 1.84. The van der Waals surface area contributed by atoms with Gasteiger partial charge < -0.3 is 10.0 Å². The molecule has 0 spiro atoms. The minimum Gasteiger partial charge on any atom is -0.423 e. The van der Waals surface area contributed by atoms with Gasteiger partial charge in [0, 0.05) is 0 Å². The summed E-state index contributed by atoms with van der Waals surface area (Å²) in [6.45, 7) is 0. The van der Waals surface area contributed by atoms with Crippen molar-refractivity contribution in [2.45, 2.75) is 6.42 Å². The second kappa shape index (κ2) is 5.00. The molecule has 0 fully saturated rings. The second-order valence-corrected chi connectivity index (χ2v) is 2.86. The van der Waals surface area contributed by atoms with Crippen LogP contribution < -0.4 is 0 Å². The predicted octanol–water partition coefficient (Wildman–Crippen LogP) is 0.384. The van der Waals surface area contributed by atoms with Gasteiger partial charge in [0.1, 0.15) is 12.1 Å². The van der Waals surface area contributed by atoms with E-state index in [0.717, 1.165) is 0 Å². The Balaban J connectivity index is 2.95. The average Bonchev–Trinajstić information content (AvgIpc) is 2.26. The third-order valence-corrected chi connectivity index (χ3v) is 1.84. The van der Waals surface area contributed by atoms with E-state index in [-0.39, 0.29) is 5.57 Å². The van der Waals surface area contributed by atoms with Gasteiger partial charge in [0.05, 0.1) is 0 Å². The zero-order valence-corrected chi connectivity index (χ0v) is 7.81. The van der Waals surface area contributed by atoms with Crippen molar-refractivity contribution in [3.05, 3.63) is 40.6 Å². The molecule has 15 heavy (non-hydrogen) atoms. The first-order valence-corrected chi connectivity index (χ1v) is 4.21. The highest BCUT2D eigenvalue weighted by Gasteiger charge is 2.13. The molecule has 0 aromatic carbocycles. The molecule has 4 nitrogen and oxygen atoms in total. The minimum absolute atomic E-state index is 0.0870. The molecule has 2 N–H and O–H groups in total. The van der Waals surface area contributed by atoms with E-state index in [4.69, 9.17) is 20.6 Å². The van der Waals surface area contributed by atoms with Crippen molar-refractivity contribution in [1.82, 2.24) is 0 Å². The molecule has 0 saturated heterocycles. The SMILES string of the molecule is N#CC(=C=C1C=CC(B(O)O)=CC1)C#N. The Labute approximate surface area is 87.5 Å². The Morgan fingerprint density at radius 3 is 2.33 bits per heavy atom. The van der Waals surface area contributed by atoms with E-state index in [9.17, 15) is 0 Å². The van der Waals surface area contributed by atoms with E-state index in [0.29, 0.717) is 17.5 Å². The van der Waals surface area contributed by atoms with Crippen molar-refractivity contribution in [1.29, 1.82) is 10.5 Å². The summed E-state index contributed by atoms with van der Waals surface area (Å²) in [6, 6.07) is 3.41. The maximum Gasteiger partial charge on any atom is 0.488 e. The van der Waals surface area contributed by atoms with Crippen LogP contribution in [0.25, 0.3) is 0 Å². The van der Waals surface area contributed by atoms with Crippen LogP contribution in [0, 0.1) is 22.7 Å². The van der Waals surface area contributed by atoms with Gasteiger partial charge in [0.25, 0.3) is 0 Å². The molecule has 1 aliphatic carbocycles. The molecule has 0 bridgehead atoms. The number of allylic oxidation sites excluding steroid dienone is 5. The van der Waals surface area contributed by atoms with Gasteiger partial charge in [-0.25, -0.2) is 0 Å². The average molecular weight is 198 g/mol. The van der Waals surface area contributed by atoms with Gasteiger partial charge in [0.15, 0.2) is 5.57 Å². The van der Waals surface area contributed by atoms with E-state index < -0.39 is 7.12 Å². The van der Waals surface area contributed by atoms with E-state index in [1.54, 1.807) is 24.3 Å². The molecule has 0 atom stereocenters.